The molecule has 38 heavy (non-hydrogen) atoms. The van der Waals surface area contributed by atoms with E-state index in [4.69, 9.17) is 16.3 Å². The third-order valence-electron chi connectivity index (χ3n) is 7.41. The van der Waals surface area contributed by atoms with Crippen molar-refractivity contribution in [2.75, 3.05) is 42.3 Å². The number of imidazole rings is 1. The quantitative estimate of drug-likeness (QED) is 0.500. The number of carbonyl (C=O) groups is 1. The Labute approximate surface area is 223 Å². The number of amides is 1. The smallest absolute Gasteiger partial charge is 0.409 e. The first-order valence-electron chi connectivity index (χ1n) is 12.5. The third-order valence-corrected chi connectivity index (χ3v) is 7.81. The summed E-state index contributed by atoms with van der Waals surface area (Å²) < 4.78 is 6.40. The van der Waals surface area contributed by atoms with E-state index in [9.17, 15) is 15.3 Å². The van der Waals surface area contributed by atoms with Crippen molar-refractivity contribution in [2.24, 2.45) is 5.92 Å². The predicted molar refractivity (Wildman–Crippen MR) is 139 cm³/mol. The average Bonchev–Trinajstić information content (AvgIpc) is 3.49. The number of hydrogen-bond donors (Lipinski definition) is 2. The molecule has 4 heterocycles. The highest BCUT2D eigenvalue weighted by atomic mass is 35.5. The minimum atomic E-state index is -0.285. The first-order chi connectivity index (χ1) is 18.5. The monoisotopic (exact) mass is 532 g/mol. The number of methoxy groups -OCH3 is 1. The zero-order valence-corrected chi connectivity index (χ0v) is 21.4. The fourth-order valence-corrected chi connectivity index (χ4v) is 5.67. The van der Waals surface area contributed by atoms with Crippen LogP contribution in [0.4, 0.5) is 27.9 Å². The predicted octanol–water partition coefficient (Wildman–Crippen LogP) is 3.51. The van der Waals surface area contributed by atoms with E-state index in [1.807, 2.05) is 4.90 Å². The lowest BCUT2D eigenvalue weighted by atomic mass is 9.92. The van der Waals surface area contributed by atoms with E-state index in [1.54, 1.807) is 12.1 Å². The van der Waals surface area contributed by atoms with Gasteiger partial charge in [0.1, 0.15) is 6.07 Å². The van der Waals surface area contributed by atoms with E-state index < -0.39 is 0 Å². The molecule has 2 unspecified atom stereocenters. The molecule has 1 aromatic carbocycles. The largest absolute Gasteiger partial charge is 0.453 e. The zero-order chi connectivity index (χ0) is 26.4. The number of piperidine rings is 1. The minimum absolute atomic E-state index is 0.135. The Morgan fingerprint density at radius 2 is 2.03 bits per heavy atom. The molecule has 1 saturated carbocycles. The van der Waals surface area contributed by atoms with Crippen LogP contribution in [0.1, 0.15) is 36.9 Å². The molecule has 2 atom stereocenters. The van der Waals surface area contributed by atoms with Gasteiger partial charge in [-0.1, -0.05) is 11.6 Å². The molecular formula is C25H25ClN10O2. The van der Waals surface area contributed by atoms with Gasteiger partial charge in [0.05, 0.1) is 41.3 Å². The molecule has 0 bridgehead atoms. The van der Waals surface area contributed by atoms with Crippen LogP contribution in [0.5, 0.6) is 0 Å². The second kappa shape index (κ2) is 9.54. The molecule has 1 amide bonds. The summed E-state index contributed by atoms with van der Waals surface area (Å²) in [7, 11) is 1.41. The Morgan fingerprint density at radius 3 is 2.76 bits per heavy atom. The molecule has 1 aliphatic carbocycles. The molecule has 0 radical (unpaired) electrons. The molecule has 12 nitrogen and oxygen atoms in total. The maximum absolute atomic E-state index is 12.2. The van der Waals surface area contributed by atoms with Crippen LogP contribution in [-0.2, 0) is 4.74 Å². The van der Waals surface area contributed by atoms with E-state index in [2.05, 4.69) is 42.7 Å². The fraction of sp³-hybridized carbons (Fsp3) is 0.440. The molecule has 13 heteroatoms. The van der Waals surface area contributed by atoms with Crippen LogP contribution in [0.25, 0.3) is 5.65 Å². The van der Waals surface area contributed by atoms with Crippen molar-refractivity contribution in [3.8, 4) is 12.1 Å². The summed E-state index contributed by atoms with van der Waals surface area (Å²) in [6.45, 7) is 2.07. The summed E-state index contributed by atoms with van der Waals surface area (Å²) in [4.78, 5) is 25.0. The number of likely N-dealkylation sites (tertiary alicyclic amines) is 1. The van der Waals surface area contributed by atoms with E-state index in [1.165, 1.54) is 17.8 Å². The van der Waals surface area contributed by atoms with Crippen molar-refractivity contribution in [2.45, 2.75) is 37.8 Å². The highest BCUT2D eigenvalue weighted by Crippen LogP contribution is 2.40. The van der Waals surface area contributed by atoms with E-state index in [0.717, 1.165) is 31.4 Å². The van der Waals surface area contributed by atoms with Gasteiger partial charge in [-0.15, -0.1) is 5.10 Å². The van der Waals surface area contributed by atoms with Crippen LogP contribution in [0.15, 0.2) is 18.3 Å². The highest BCUT2D eigenvalue weighted by molar-refractivity contribution is 6.36. The summed E-state index contributed by atoms with van der Waals surface area (Å²) >= 11 is 6.91. The van der Waals surface area contributed by atoms with Gasteiger partial charge in [0.15, 0.2) is 17.2 Å². The van der Waals surface area contributed by atoms with Gasteiger partial charge in [0, 0.05) is 31.7 Å². The summed E-state index contributed by atoms with van der Waals surface area (Å²) in [5, 5.41) is 30.7. The normalized spacial score (nSPS) is 20.5. The number of nitrogens with zero attached hydrogens (tertiary/aromatic N) is 8. The Bertz CT molecular complexity index is 1500. The second-order valence-electron chi connectivity index (χ2n) is 9.80. The van der Waals surface area contributed by atoms with Gasteiger partial charge in [-0.05, 0) is 43.7 Å². The van der Waals surface area contributed by atoms with Gasteiger partial charge < -0.3 is 25.2 Å². The Morgan fingerprint density at radius 1 is 1.18 bits per heavy atom. The Kier molecular flexibility index (Phi) is 6.04. The second-order valence-corrected chi connectivity index (χ2v) is 10.2. The van der Waals surface area contributed by atoms with Gasteiger partial charge in [-0.25, -0.2) is 9.78 Å². The van der Waals surface area contributed by atoms with Crippen LogP contribution in [0, 0.1) is 28.6 Å². The molecule has 2 aromatic heterocycles. The topological polar surface area (TPSA) is 148 Å². The van der Waals surface area contributed by atoms with Crippen molar-refractivity contribution in [3.63, 3.8) is 0 Å². The number of hydrogen-bond acceptors (Lipinski definition) is 10. The molecule has 3 aliphatic rings. The summed E-state index contributed by atoms with van der Waals surface area (Å²) in [6, 6.07) is 8.21. The molecule has 0 spiro atoms. The number of anilines is 4. The molecule has 194 valence electrons. The number of fused-ring (bicyclic) bond motifs is 2. The number of nitrogens with one attached hydrogen (secondary N) is 2. The van der Waals surface area contributed by atoms with Crippen LogP contribution in [0.2, 0.25) is 5.02 Å². The summed E-state index contributed by atoms with van der Waals surface area (Å²) in [5.74, 6) is 1.03. The SMILES string of the molecule is COC(=O)N1CCC2CN(c3cc(C#N)cc(Nc4nc(NC5CC5)c5ncc(C#N)n5n4)c3Cl)CCC21. The van der Waals surface area contributed by atoms with Crippen LogP contribution in [0.3, 0.4) is 0 Å². The van der Waals surface area contributed by atoms with Crippen molar-refractivity contribution >= 4 is 46.5 Å². The maximum atomic E-state index is 12.2. The molecule has 3 fully saturated rings. The number of rotatable bonds is 5. The summed E-state index contributed by atoms with van der Waals surface area (Å²) in [5.41, 5.74) is 2.41. The van der Waals surface area contributed by atoms with Gasteiger partial charge >= 0.3 is 6.09 Å². The van der Waals surface area contributed by atoms with Gasteiger partial charge in [-0.2, -0.15) is 20.0 Å². The number of carbonyl (C=O) groups excluding carboxylic acids is 1. The molecule has 6 rings (SSSR count). The van der Waals surface area contributed by atoms with Crippen LogP contribution in [-0.4, -0.2) is 69.4 Å². The van der Waals surface area contributed by atoms with E-state index in [-0.39, 0.29) is 29.7 Å². The Hall–Kier alpha value is -4.29. The number of halogens is 1. The first kappa shape index (κ1) is 24.1. The zero-order valence-electron chi connectivity index (χ0n) is 20.7. The van der Waals surface area contributed by atoms with Gasteiger partial charge in [0.2, 0.25) is 5.95 Å². The van der Waals surface area contributed by atoms with E-state index >= 15 is 0 Å². The number of benzene rings is 1. The van der Waals surface area contributed by atoms with Gasteiger partial charge in [-0.3, -0.25) is 0 Å². The lowest BCUT2D eigenvalue weighted by Crippen LogP contribution is -2.47. The number of nitriles is 2. The number of aromatic nitrogens is 4. The third kappa shape index (κ3) is 4.27. The van der Waals surface area contributed by atoms with Gasteiger partial charge in [0.25, 0.3) is 0 Å². The van der Waals surface area contributed by atoms with Crippen molar-refractivity contribution in [3.05, 3.63) is 34.6 Å². The minimum Gasteiger partial charge on any atom is -0.453 e. The Balaban J connectivity index is 1.31. The van der Waals surface area contributed by atoms with Crippen LogP contribution >= 0.6 is 11.6 Å². The molecule has 2 N–H and O–H groups in total. The summed E-state index contributed by atoms with van der Waals surface area (Å²) in [6.07, 6.45) is 4.92. The molecule has 2 aliphatic heterocycles. The molecule has 2 saturated heterocycles. The van der Waals surface area contributed by atoms with Crippen LogP contribution < -0.4 is 15.5 Å². The maximum Gasteiger partial charge on any atom is 0.409 e. The lowest BCUT2D eigenvalue weighted by Gasteiger charge is -2.39. The standard InChI is InChI=1S/C25H25ClN10O2/c1-38-25(37)35-7-4-15-13-34(6-5-19(15)35)20-9-14(10-27)8-18(21(20)26)31-24-32-22(30-16-2-3-16)23-29-12-17(11-28)36(23)33-24/h8-9,12,15-16,19H,2-7,13H2,1H3,(H2,30,31,32,33). The average molecular weight is 533 g/mol. The van der Waals surface area contributed by atoms with E-state index in [0.29, 0.717) is 53.4 Å². The fourth-order valence-electron chi connectivity index (χ4n) is 5.39. The van der Waals surface area contributed by atoms with Crippen molar-refractivity contribution in [1.29, 1.82) is 10.5 Å². The van der Waals surface area contributed by atoms with Crippen molar-refractivity contribution < 1.29 is 9.53 Å². The first-order valence-corrected chi connectivity index (χ1v) is 12.9. The van der Waals surface area contributed by atoms with Crippen molar-refractivity contribution in [1.82, 2.24) is 24.5 Å². The molecular weight excluding hydrogens is 508 g/mol. The molecule has 3 aromatic rings. The highest BCUT2D eigenvalue weighted by Gasteiger charge is 2.41. The lowest BCUT2D eigenvalue weighted by molar-refractivity contribution is 0.110. The number of ether oxygens (including phenoxy) is 1.